The predicted octanol–water partition coefficient (Wildman–Crippen LogP) is 5.07. The van der Waals surface area contributed by atoms with Gasteiger partial charge in [0, 0.05) is 0 Å². The van der Waals surface area contributed by atoms with Crippen LogP contribution in [0.15, 0.2) is 34.8 Å². The number of thiophene rings is 1. The average molecular weight is 351 g/mol. The molecule has 88 valence electrons. The molecule has 0 atom stereocenters. The van der Waals surface area contributed by atoms with Crippen molar-refractivity contribution >= 4 is 62.1 Å². The molecule has 0 unspecified atom stereocenters. The molecule has 0 saturated carbocycles. The number of anilines is 1. The Balaban J connectivity index is 2.21. The van der Waals surface area contributed by atoms with Gasteiger partial charge >= 0.3 is 0 Å². The van der Waals surface area contributed by atoms with E-state index in [1.165, 1.54) is 11.3 Å². The first-order valence-electron chi connectivity index (χ1n) is 4.58. The smallest absolute Gasteiger partial charge is 0.265 e. The van der Waals surface area contributed by atoms with Crippen molar-refractivity contribution in [2.24, 2.45) is 0 Å². The summed E-state index contributed by atoms with van der Waals surface area (Å²) in [6.45, 7) is 0. The maximum absolute atomic E-state index is 11.9. The van der Waals surface area contributed by atoms with Crippen molar-refractivity contribution in [1.29, 1.82) is 0 Å². The number of benzene rings is 1. The number of halogens is 3. The standard InChI is InChI=1S/C11H6BrCl2NOS/c12-10-6(13)2-1-3-7(10)15-11(16)8-4-5-9(14)17-8/h1-5H,(H,15,16). The van der Waals surface area contributed by atoms with E-state index >= 15 is 0 Å². The summed E-state index contributed by atoms with van der Waals surface area (Å²) < 4.78 is 1.25. The van der Waals surface area contributed by atoms with Crippen LogP contribution in [0.5, 0.6) is 0 Å². The molecule has 6 heteroatoms. The molecule has 1 aromatic carbocycles. The van der Waals surface area contributed by atoms with Crippen LogP contribution in [0.1, 0.15) is 9.67 Å². The number of carbonyl (C=O) groups is 1. The summed E-state index contributed by atoms with van der Waals surface area (Å²) in [6, 6.07) is 8.64. The third kappa shape index (κ3) is 3.01. The molecule has 1 N–H and O–H groups in total. The lowest BCUT2D eigenvalue weighted by Crippen LogP contribution is -2.10. The Bertz CT molecular complexity index is 570. The maximum Gasteiger partial charge on any atom is 0.265 e. The quantitative estimate of drug-likeness (QED) is 0.804. The zero-order chi connectivity index (χ0) is 12.4. The topological polar surface area (TPSA) is 29.1 Å². The highest BCUT2D eigenvalue weighted by molar-refractivity contribution is 9.10. The molecule has 0 saturated heterocycles. The summed E-state index contributed by atoms with van der Waals surface area (Å²) in [5.74, 6) is -0.204. The van der Waals surface area contributed by atoms with E-state index in [1.54, 1.807) is 30.3 Å². The second-order valence-electron chi connectivity index (χ2n) is 3.16. The number of rotatable bonds is 2. The Labute approximate surface area is 121 Å². The van der Waals surface area contributed by atoms with Gasteiger partial charge in [-0.2, -0.15) is 0 Å². The van der Waals surface area contributed by atoms with Crippen molar-refractivity contribution in [1.82, 2.24) is 0 Å². The molecule has 2 rings (SSSR count). The van der Waals surface area contributed by atoms with Gasteiger partial charge in [0.05, 0.1) is 24.4 Å². The molecular weight excluding hydrogens is 345 g/mol. The second kappa shape index (κ2) is 5.40. The minimum Gasteiger partial charge on any atom is -0.320 e. The van der Waals surface area contributed by atoms with Crippen LogP contribution in [-0.2, 0) is 0 Å². The van der Waals surface area contributed by atoms with Gasteiger partial charge in [0.15, 0.2) is 0 Å². The summed E-state index contributed by atoms with van der Waals surface area (Å²) >= 11 is 16.3. The van der Waals surface area contributed by atoms with E-state index in [0.717, 1.165) is 0 Å². The fourth-order valence-corrected chi connectivity index (χ4v) is 2.70. The fraction of sp³-hybridized carbons (Fsp3) is 0. The Hall–Kier alpha value is -0.550. The summed E-state index contributed by atoms with van der Waals surface area (Å²) in [6.07, 6.45) is 0. The van der Waals surface area contributed by atoms with E-state index in [9.17, 15) is 4.79 Å². The minimum absolute atomic E-state index is 0.204. The van der Waals surface area contributed by atoms with Gasteiger partial charge in [0.2, 0.25) is 0 Å². The van der Waals surface area contributed by atoms with Crippen molar-refractivity contribution in [3.8, 4) is 0 Å². The van der Waals surface area contributed by atoms with Gasteiger partial charge < -0.3 is 5.32 Å². The van der Waals surface area contributed by atoms with Crippen LogP contribution in [0, 0.1) is 0 Å². The zero-order valence-electron chi connectivity index (χ0n) is 8.34. The summed E-state index contributed by atoms with van der Waals surface area (Å²) in [7, 11) is 0. The highest BCUT2D eigenvalue weighted by Gasteiger charge is 2.11. The van der Waals surface area contributed by atoms with E-state index in [2.05, 4.69) is 21.2 Å². The molecule has 17 heavy (non-hydrogen) atoms. The molecule has 0 aliphatic carbocycles. The predicted molar refractivity (Wildman–Crippen MR) is 76.4 cm³/mol. The van der Waals surface area contributed by atoms with Crippen molar-refractivity contribution in [3.63, 3.8) is 0 Å². The highest BCUT2D eigenvalue weighted by Crippen LogP contribution is 2.31. The first-order valence-corrected chi connectivity index (χ1v) is 6.95. The summed E-state index contributed by atoms with van der Waals surface area (Å²) in [5, 5.41) is 3.31. The first kappa shape index (κ1) is 12.9. The number of hydrogen-bond acceptors (Lipinski definition) is 2. The third-order valence-electron chi connectivity index (χ3n) is 2.00. The molecule has 1 amide bonds. The number of carbonyl (C=O) groups excluding carboxylic acids is 1. The number of nitrogens with one attached hydrogen (secondary N) is 1. The van der Waals surface area contributed by atoms with Crippen LogP contribution in [0.3, 0.4) is 0 Å². The van der Waals surface area contributed by atoms with Gasteiger partial charge in [0.1, 0.15) is 0 Å². The second-order valence-corrected chi connectivity index (χ2v) is 6.07. The lowest BCUT2D eigenvalue weighted by molar-refractivity contribution is 0.103. The van der Waals surface area contributed by atoms with E-state index in [4.69, 9.17) is 23.2 Å². The Morgan fingerprint density at radius 1 is 1.24 bits per heavy atom. The van der Waals surface area contributed by atoms with E-state index < -0.39 is 0 Å². The van der Waals surface area contributed by atoms with Gasteiger partial charge in [-0.1, -0.05) is 29.3 Å². The van der Waals surface area contributed by atoms with E-state index in [0.29, 0.717) is 24.4 Å². The van der Waals surface area contributed by atoms with Crippen LogP contribution in [0.25, 0.3) is 0 Å². The SMILES string of the molecule is O=C(Nc1cccc(Cl)c1Br)c1ccc(Cl)s1. The molecule has 0 aliphatic rings. The van der Waals surface area contributed by atoms with Crippen molar-refractivity contribution in [2.45, 2.75) is 0 Å². The molecule has 0 bridgehead atoms. The van der Waals surface area contributed by atoms with Crippen molar-refractivity contribution in [3.05, 3.63) is 49.0 Å². The molecule has 2 nitrogen and oxygen atoms in total. The molecule has 0 spiro atoms. The molecule has 1 aromatic heterocycles. The average Bonchev–Trinajstić information content (AvgIpc) is 2.72. The third-order valence-corrected chi connectivity index (χ3v) is 4.62. The highest BCUT2D eigenvalue weighted by atomic mass is 79.9. The largest absolute Gasteiger partial charge is 0.320 e. The van der Waals surface area contributed by atoms with Crippen LogP contribution in [-0.4, -0.2) is 5.91 Å². The Kier molecular flexibility index (Phi) is 4.09. The van der Waals surface area contributed by atoms with Gasteiger partial charge in [-0.3, -0.25) is 4.79 Å². The Morgan fingerprint density at radius 3 is 2.65 bits per heavy atom. The van der Waals surface area contributed by atoms with Crippen LogP contribution in [0.4, 0.5) is 5.69 Å². The van der Waals surface area contributed by atoms with Crippen molar-refractivity contribution in [2.75, 3.05) is 5.32 Å². The summed E-state index contributed by atoms with van der Waals surface area (Å²) in [4.78, 5) is 12.4. The van der Waals surface area contributed by atoms with Crippen LogP contribution < -0.4 is 5.32 Å². The molecular formula is C11H6BrCl2NOS. The maximum atomic E-state index is 11.9. The van der Waals surface area contributed by atoms with Crippen molar-refractivity contribution < 1.29 is 4.79 Å². The molecule has 0 aliphatic heterocycles. The van der Waals surface area contributed by atoms with Gasteiger partial charge in [-0.15, -0.1) is 11.3 Å². The van der Waals surface area contributed by atoms with E-state index in [-0.39, 0.29) is 5.91 Å². The van der Waals surface area contributed by atoms with Gasteiger partial charge in [-0.05, 0) is 40.2 Å². The number of amides is 1. The zero-order valence-corrected chi connectivity index (χ0v) is 12.3. The molecule has 0 radical (unpaired) electrons. The molecule has 2 aromatic rings. The molecule has 1 heterocycles. The van der Waals surface area contributed by atoms with Gasteiger partial charge in [-0.25, -0.2) is 0 Å². The monoisotopic (exact) mass is 349 g/mol. The summed E-state index contributed by atoms with van der Waals surface area (Å²) in [5.41, 5.74) is 0.632. The normalized spacial score (nSPS) is 10.3. The Morgan fingerprint density at radius 2 is 2.00 bits per heavy atom. The van der Waals surface area contributed by atoms with Crippen LogP contribution in [0.2, 0.25) is 9.36 Å². The number of hydrogen-bond donors (Lipinski definition) is 1. The van der Waals surface area contributed by atoms with E-state index in [1.807, 2.05) is 0 Å². The van der Waals surface area contributed by atoms with Crippen LogP contribution >= 0.6 is 50.5 Å². The molecule has 0 fully saturated rings. The lowest BCUT2D eigenvalue weighted by Gasteiger charge is -2.06. The lowest BCUT2D eigenvalue weighted by atomic mass is 10.3. The van der Waals surface area contributed by atoms with Gasteiger partial charge in [0.25, 0.3) is 5.91 Å². The minimum atomic E-state index is -0.204. The first-order chi connectivity index (χ1) is 8.08. The fourth-order valence-electron chi connectivity index (χ4n) is 1.22.